The van der Waals surface area contributed by atoms with Gasteiger partial charge in [-0.1, -0.05) is 12.1 Å². The number of likely N-dealkylation sites (tertiary alicyclic amines) is 1. The number of oxazole rings is 1. The highest BCUT2D eigenvalue weighted by Gasteiger charge is 2.34. The molecule has 3 aliphatic rings. The largest absolute Gasteiger partial charge is 0.423 e. The molecule has 0 radical (unpaired) electrons. The number of piperidine rings is 2. The van der Waals surface area contributed by atoms with Crippen molar-refractivity contribution < 1.29 is 9.21 Å². The highest BCUT2D eigenvalue weighted by atomic mass is 16.4. The molecule has 2 saturated heterocycles. The van der Waals surface area contributed by atoms with Gasteiger partial charge >= 0.3 is 0 Å². The van der Waals surface area contributed by atoms with E-state index in [4.69, 9.17) is 4.42 Å². The van der Waals surface area contributed by atoms with E-state index in [1.165, 1.54) is 11.3 Å². The van der Waals surface area contributed by atoms with Crippen molar-refractivity contribution in [2.75, 3.05) is 37.6 Å². The minimum Gasteiger partial charge on any atom is -0.423 e. The Bertz CT molecular complexity index is 1060. The van der Waals surface area contributed by atoms with Crippen molar-refractivity contribution >= 4 is 23.0 Å². The normalized spacial score (nSPS) is 21.2. The first-order valence-corrected chi connectivity index (χ1v) is 11.9. The maximum Gasteiger partial charge on any atom is 0.298 e. The number of amides is 1. The Kier molecular flexibility index (Phi) is 5.09. The Hall–Kier alpha value is -2.87. The number of para-hydroxylation sites is 2. The minimum absolute atomic E-state index is 0.166. The average Bonchev–Trinajstić information content (AvgIpc) is 3.50. The number of hydrogen-bond donors (Lipinski definition) is 1. The van der Waals surface area contributed by atoms with Gasteiger partial charge < -0.3 is 19.1 Å². The zero-order valence-electron chi connectivity index (χ0n) is 18.4. The van der Waals surface area contributed by atoms with Gasteiger partial charge in [0, 0.05) is 55.8 Å². The summed E-state index contributed by atoms with van der Waals surface area (Å²) in [6.45, 7) is 5.50. The summed E-state index contributed by atoms with van der Waals surface area (Å²) in [4.78, 5) is 24.7. The molecule has 0 saturated carbocycles. The van der Waals surface area contributed by atoms with Crippen LogP contribution < -0.4 is 4.90 Å². The van der Waals surface area contributed by atoms with Gasteiger partial charge in [0.05, 0.1) is 6.20 Å². The fourth-order valence-electron chi connectivity index (χ4n) is 5.60. The summed E-state index contributed by atoms with van der Waals surface area (Å²) in [5, 5.41) is 7.18. The number of benzene rings is 1. The van der Waals surface area contributed by atoms with Gasteiger partial charge in [0.25, 0.3) is 6.01 Å². The van der Waals surface area contributed by atoms with Crippen molar-refractivity contribution in [3.05, 3.63) is 41.7 Å². The molecule has 3 aliphatic heterocycles. The number of H-pyrrole nitrogens is 1. The number of carbonyl (C=O) groups excluding carboxylic acids is 1. The molecule has 0 unspecified atom stereocenters. The molecule has 5 heterocycles. The van der Waals surface area contributed by atoms with E-state index >= 15 is 0 Å². The minimum atomic E-state index is 0.166. The molecule has 3 aromatic rings. The van der Waals surface area contributed by atoms with Gasteiger partial charge in [-0.2, -0.15) is 10.1 Å². The van der Waals surface area contributed by atoms with Gasteiger partial charge in [0.1, 0.15) is 5.52 Å². The monoisotopic (exact) mass is 434 g/mol. The van der Waals surface area contributed by atoms with Crippen LogP contribution in [-0.4, -0.2) is 69.7 Å². The van der Waals surface area contributed by atoms with E-state index in [9.17, 15) is 4.79 Å². The van der Waals surface area contributed by atoms with Crippen LogP contribution in [0.3, 0.4) is 0 Å². The van der Waals surface area contributed by atoms with Crippen LogP contribution in [0, 0.1) is 5.92 Å². The van der Waals surface area contributed by atoms with Gasteiger partial charge in [-0.3, -0.25) is 9.89 Å². The lowest BCUT2D eigenvalue weighted by atomic mass is 9.91. The number of rotatable bonds is 3. The van der Waals surface area contributed by atoms with E-state index in [1.807, 2.05) is 35.4 Å². The van der Waals surface area contributed by atoms with Crippen LogP contribution in [-0.2, 0) is 17.8 Å². The molecule has 1 amide bonds. The summed E-state index contributed by atoms with van der Waals surface area (Å²) in [5.74, 6) is 0.502. The summed E-state index contributed by atoms with van der Waals surface area (Å²) in [6, 6.07) is 9.29. The summed E-state index contributed by atoms with van der Waals surface area (Å²) < 4.78 is 5.96. The molecule has 8 heteroatoms. The molecule has 1 aromatic carbocycles. The van der Waals surface area contributed by atoms with E-state index in [0.717, 1.165) is 81.9 Å². The van der Waals surface area contributed by atoms with Crippen molar-refractivity contribution in [1.29, 1.82) is 0 Å². The van der Waals surface area contributed by atoms with E-state index in [0.29, 0.717) is 18.5 Å². The number of hydrogen-bond acceptors (Lipinski definition) is 6. The van der Waals surface area contributed by atoms with Crippen LogP contribution >= 0.6 is 0 Å². The molecule has 2 aromatic heterocycles. The first kappa shape index (κ1) is 19.8. The van der Waals surface area contributed by atoms with Gasteiger partial charge in [-0.05, 0) is 50.9 Å². The Morgan fingerprint density at radius 3 is 2.66 bits per heavy atom. The Labute approximate surface area is 187 Å². The highest BCUT2D eigenvalue weighted by molar-refractivity contribution is 5.79. The predicted octanol–water partition coefficient (Wildman–Crippen LogP) is 2.82. The number of carbonyl (C=O) groups is 1. The fourth-order valence-corrected chi connectivity index (χ4v) is 5.60. The average molecular weight is 435 g/mol. The molecular weight excluding hydrogens is 404 g/mol. The number of nitrogens with zero attached hydrogens (tertiary/aromatic N) is 5. The van der Waals surface area contributed by atoms with Gasteiger partial charge in [0.2, 0.25) is 5.91 Å². The van der Waals surface area contributed by atoms with E-state index in [-0.39, 0.29) is 5.92 Å². The molecule has 2 fully saturated rings. The second kappa shape index (κ2) is 8.24. The molecule has 6 rings (SSSR count). The third-order valence-electron chi connectivity index (χ3n) is 7.52. The molecule has 0 bridgehead atoms. The van der Waals surface area contributed by atoms with Crippen molar-refractivity contribution in [2.24, 2.45) is 5.92 Å². The molecular formula is C24H30N6O2. The fraction of sp³-hybridized carbons (Fsp3) is 0.542. The number of aromatic amines is 1. The smallest absolute Gasteiger partial charge is 0.298 e. The lowest BCUT2D eigenvalue weighted by Gasteiger charge is -2.42. The maximum atomic E-state index is 13.1. The topological polar surface area (TPSA) is 81.5 Å². The third kappa shape index (κ3) is 3.66. The number of fused-ring (bicyclic) bond motifs is 2. The summed E-state index contributed by atoms with van der Waals surface area (Å²) in [7, 11) is 0. The van der Waals surface area contributed by atoms with E-state index < -0.39 is 0 Å². The van der Waals surface area contributed by atoms with Crippen molar-refractivity contribution in [3.8, 4) is 0 Å². The van der Waals surface area contributed by atoms with Gasteiger partial charge in [-0.25, -0.2) is 0 Å². The molecule has 8 nitrogen and oxygen atoms in total. The Morgan fingerprint density at radius 1 is 1.03 bits per heavy atom. The lowest BCUT2D eigenvalue weighted by molar-refractivity contribution is -0.138. The molecule has 0 spiro atoms. The molecule has 168 valence electrons. The summed E-state index contributed by atoms with van der Waals surface area (Å²) in [5.41, 5.74) is 4.14. The van der Waals surface area contributed by atoms with Crippen molar-refractivity contribution in [1.82, 2.24) is 25.0 Å². The second-order valence-corrected chi connectivity index (χ2v) is 9.38. The van der Waals surface area contributed by atoms with Crippen LogP contribution in [0.1, 0.15) is 36.9 Å². The van der Waals surface area contributed by atoms with Crippen LogP contribution in [0.2, 0.25) is 0 Å². The van der Waals surface area contributed by atoms with E-state index in [1.54, 1.807) is 0 Å². The summed E-state index contributed by atoms with van der Waals surface area (Å²) >= 11 is 0. The van der Waals surface area contributed by atoms with Crippen LogP contribution in [0.4, 0.5) is 6.01 Å². The molecule has 32 heavy (non-hydrogen) atoms. The zero-order valence-corrected chi connectivity index (χ0v) is 18.4. The number of aromatic nitrogens is 3. The maximum absolute atomic E-state index is 13.1. The second-order valence-electron chi connectivity index (χ2n) is 9.38. The third-order valence-corrected chi connectivity index (χ3v) is 7.52. The molecule has 0 atom stereocenters. The Morgan fingerprint density at radius 2 is 1.84 bits per heavy atom. The highest BCUT2D eigenvalue weighted by Crippen LogP contribution is 2.29. The van der Waals surface area contributed by atoms with Crippen LogP contribution in [0.25, 0.3) is 11.1 Å². The summed E-state index contributed by atoms with van der Waals surface area (Å²) in [6.07, 6.45) is 6.93. The van der Waals surface area contributed by atoms with Gasteiger partial charge in [-0.15, -0.1) is 0 Å². The van der Waals surface area contributed by atoms with E-state index in [2.05, 4.69) is 25.0 Å². The standard InChI is InChI=1S/C24H30N6O2/c31-23(30-14-9-20-18(16-30)15-25-27-20)17-5-10-28(11-6-17)19-7-12-29(13-8-19)24-26-21-3-1-2-4-22(21)32-24/h1-4,15,17,19H,5-14,16H2,(H,25,27). The molecule has 1 N–H and O–H groups in total. The predicted molar refractivity (Wildman–Crippen MR) is 121 cm³/mol. The number of nitrogens with one attached hydrogen (secondary N) is 1. The number of anilines is 1. The van der Waals surface area contributed by atoms with Crippen molar-refractivity contribution in [2.45, 2.75) is 44.7 Å². The van der Waals surface area contributed by atoms with Crippen LogP contribution in [0.5, 0.6) is 0 Å². The van der Waals surface area contributed by atoms with Gasteiger partial charge in [0.15, 0.2) is 5.58 Å². The first-order valence-electron chi connectivity index (χ1n) is 11.9. The SMILES string of the molecule is O=C(C1CCN(C2CCN(c3nc4ccccc4o3)CC2)CC1)N1CCc2[nH]ncc2C1. The Balaban J connectivity index is 1.00. The quantitative estimate of drug-likeness (QED) is 0.683. The zero-order chi connectivity index (χ0) is 21.5. The lowest BCUT2D eigenvalue weighted by Crippen LogP contribution is -2.50. The van der Waals surface area contributed by atoms with Crippen molar-refractivity contribution in [3.63, 3.8) is 0 Å². The molecule has 0 aliphatic carbocycles. The first-order chi connectivity index (χ1) is 15.7. The van der Waals surface area contributed by atoms with Crippen LogP contribution in [0.15, 0.2) is 34.9 Å².